The fourth-order valence-corrected chi connectivity index (χ4v) is 3.32. The van der Waals surface area contributed by atoms with E-state index < -0.39 is 0 Å². The molecule has 0 spiro atoms. The van der Waals surface area contributed by atoms with Crippen LogP contribution in [0.25, 0.3) is 33.3 Å². The third kappa shape index (κ3) is 3.57. The first-order valence-corrected chi connectivity index (χ1v) is 9.38. The smallest absolute Gasteiger partial charge is 0.223 e. The fourth-order valence-electron chi connectivity index (χ4n) is 3.32. The largest absolute Gasteiger partial charge is 0.495 e. The number of nitrogens with one attached hydrogen (secondary N) is 1. The van der Waals surface area contributed by atoms with Gasteiger partial charge in [0.05, 0.1) is 38.7 Å². The van der Waals surface area contributed by atoms with E-state index in [1.165, 1.54) is 0 Å². The quantitative estimate of drug-likeness (QED) is 0.511. The summed E-state index contributed by atoms with van der Waals surface area (Å²) < 4.78 is 16.2. The van der Waals surface area contributed by atoms with Gasteiger partial charge in [-0.25, -0.2) is 9.97 Å². The number of hydrogen-bond acceptors (Lipinski definition) is 7. The molecule has 2 aromatic carbocycles. The van der Waals surface area contributed by atoms with E-state index >= 15 is 0 Å². The minimum absolute atomic E-state index is 0.526. The summed E-state index contributed by atoms with van der Waals surface area (Å²) in [6.07, 6.45) is 3.50. The molecule has 152 valence electrons. The molecule has 4 aromatic rings. The maximum atomic E-state index is 5.49. The lowest BCUT2D eigenvalue weighted by Gasteiger charge is -2.13. The van der Waals surface area contributed by atoms with E-state index in [1.807, 2.05) is 42.6 Å². The summed E-state index contributed by atoms with van der Waals surface area (Å²) in [5.41, 5.74) is 4.48. The van der Waals surface area contributed by atoms with Crippen LogP contribution in [0, 0.1) is 0 Å². The molecule has 0 aliphatic carbocycles. The molecule has 30 heavy (non-hydrogen) atoms. The Morgan fingerprint density at radius 2 is 1.53 bits per heavy atom. The van der Waals surface area contributed by atoms with Crippen molar-refractivity contribution in [1.29, 1.82) is 0 Å². The van der Waals surface area contributed by atoms with E-state index in [4.69, 9.17) is 19.2 Å². The van der Waals surface area contributed by atoms with Crippen molar-refractivity contribution < 1.29 is 14.2 Å². The van der Waals surface area contributed by atoms with E-state index in [0.29, 0.717) is 23.2 Å². The van der Waals surface area contributed by atoms with E-state index in [0.717, 1.165) is 33.3 Å². The highest BCUT2D eigenvalue weighted by atomic mass is 16.5. The molecule has 2 aromatic heterocycles. The second-order valence-corrected chi connectivity index (χ2v) is 6.56. The zero-order valence-electron chi connectivity index (χ0n) is 17.3. The van der Waals surface area contributed by atoms with Gasteiger partial charge in [-0.3, -0.25) is 4.98 Å². The molecule has 0 fully saturated rings. The van der Waals surface area contributed by atoms with Crippen LogP contribution in [0.2, 0.25) is 0 Å². The fraction of sp³-hybridized carbons (Fsp3) is 0.174. The predicted molar refractivity (Wildman–Crippen MR) is 117 cm³/mol. The summed E-state index contributed by atoms with van der Waals surface area (Å²) >= 11 is 0. The van der Waals surface area contributed by atoms with Gasteiger partial charge in [0.2, 0.25) is 5.95 Å². The van der Waals surface area contributed by atoms with Gasteiger partial charge in [-0.2, -0.15) is 0 Å². The molecule has 0 bridgehead atoms. The average molecular weight is 402 g/mol. The van der Waals surface area contributed by atoms with E-state index in [9.17, 15) is 0 Å². The van der Waals surface area contributed by atoms with E-state index in [-0.39, 0.29) is 0 Å². The van der Waals surface area contributed by atoms with Crippen molar-refractivity contribution in [2.24, 2.45) is 0 Å². The monoisotopic (exact) mass is 402 g/mol. The minimum atomic E-state index is 0.526. The summed E-state index contributed by atoms with van der Waals surface area (Å²) in [6.45, 7) is 0. The van der Waals surface area contributed by atoms with Crippen molar-refractivity contribution in [3.8, 4) is 39.6 Å². The van der Waals surface area contributed by atoms with Crippen LogP contribution < -0.4 is 19.5 Å². The van der Waals surface area contributed by atoms with Gasteiger partial charge in [-0.1, -0.05) is 18.2 Å². The summed E-state index contributed by atoms with van der Waals surface area (Å²) in [4.78, 5) is 13.6. The number of methoxy groups -OCH3 is 3. The number of hydrogen-bond donors (Lipinski definition) is 1. The average Bonchev–Trinajstić information content (AvgIpc) is 2.82. The number of rotatable bonds is 6. The van der Waals surface area contributed by atoms with Crippen molar-refractivity contribution in [2.75, 3.05) is 33.7 Å². The van der Waals surface area contributed by atoms with Gasteiger partial charge in [0.25, 0.3) is 0 Å². The molecule has 4 rings (SSSR count). The number of anilines is 1. The molecule has 0 saturated carbocycles. The lowest BCUT2D eigenvalue weighted by atomic mass is 10.0. The van der Waals surface area contributed by atoms with Crippen LogP contribution in [0.15, 0.2) is 54.9 Å². The lowest BCUT2D eigenvalue weighted by molar-refractivity contribution is 0.356. The number of nitrogens with zero attached hydrogens (tertiary/aromatic N) is 3. The molecule has 7 nitrogen and oxygen atoms in total. The highest BCUT2D eigenvalue weighted by Crippen LogP contribution is 2.37. The third-order valence-corrected chi connectivity index (χ3v) is 4.84. The molecule has 0 aliphatic heterocycles. The van der Waals surface area contributed by atoms with Gasteiger partial charge in [-0.15, -0.1) is 0 Å². The molecule has 0 unspecified atom stereocenters. The van der Waals surface area contributed by atoms with Crippen LogP contribution in [0.3, 0.4) is 0 Å². The second kappa shape index (κ2) is 8.24. The number of ether oxygens (including phenoxy) is 3. The normalized spacial score (nSPS) is 10.7. The third-order valence-electron chi connectivity index (χ3n) is 4.84. The van der Waals surface area contributed by atoms with Crippen molar-refractivity contribution in [2.45, 2.75) is 0 Å². The zero-order valence-corrected chi connectivity index (χ0v) is 17.3. The molecule has 2 heterocycles. The first-order valence-electron chi connectivity index (χ1n) is 9.38. The Balaban J connectivity index is 1.92. The molecule has 1 N–H and O–H groups in total. The predicted octanol–water partition coefficient (Wildman–Crippen LogP) is 4.43. The van der Waals surface area contributed by atoms with Crippen molar-refractivity contribution >= 4 is 16.9 Å². The zero-order chi connectivity index (χ0) is 21.1. The molecule has 0 radical (unpaired) electrons. The van der Waals surface area contributed by atoms with Gasteiger partial charge in [0, 0.05) is 35.8 Å². The molecule has 0 saturated heterocycles. The Hall–Kier alpha value is -3.87. The number of benzene rings is 2. The van der Waals surface area contributed by atoms with Crippen LogP contribution in [0.5, 0.6) is 17.2 Å². The van der Waals surface area contributed by atoms with Crippen molar-refractivity contribution in [3.05, 3.63) is 54.9 Å². The SMILES string of the molecule is CNc1nc(-c2cccc(-c3cncc(OC)c3)c2)c2cc(OC)c(OC)cc2n1. The van der Waals surface area contributed by atoms with Gasteiger partial charge in [0.1, 0.15) is 5.75 Å². The van der Waals surface area contributed by atoms with Crippen LogP contribution in [0.1, 0.15) is 0 Å². The Morgan fingerprint density at radius 1 is 0.767 bits per heavy atom. The van der Waals surface area contributed by atoms with E-state index in [1.54, 1.807) is 34.6 Å². The van der Waals surface area contributed by atoms with Crippen LogP contribution in [0.4, 0.5) is 5.95 Å². The Labute approximate surface area is 174 Å². The topological polar surface area (TPSA) is 78.4 Å². The van der Waals surface area contributed by atoms with Crippen LogP contribution in [-0.2, 0) is 0 Å². The molecular weight excluding hydrogens is 380 g/mol. The number of aromatic nitrogens is 3. The van der Waals surface area contributed by atoms with Crippen molar-refractivity contribution in [3.63, 3.8) is 0 Å². The van der Waals surface area contributed by atoms with Crippen molar-refractivity contribution in [1.82, 2.24) is 15.0 Å². The first kappa shape index (κ1) is 19.4. The molecule has 0 aliphatic rings. The highest BCUT2D eigenvalue weighted by Gasteiger charge is 2.15. The van der Waals surface area contributed by atoms with Gasteiger partial charge in [0.15, 0.2) is 11.5 Å². The summed E-state index contributed by atoms with van der Waals surface area (Å²) in [6, 6.07) is 13.9. The number of pyridine rings is 1. The summed E-state index contributed by atoms with van der Waals surface area (Å²) in [5.74, 6) is 2.48. The molecule has 0 atom stereocenters. The standard InChI is InChI=1S/C23H22N4O3/c1-24-23-26-19-11-21(30-4)20(29-3)10-18(19)22(27-23)15-7-5-6-14(8-15)16-9-17(28-2)13-25-12-16/h5-13H,1-4H3,(H,24,26,27). The van der Waals surface area contributed by atoms with E-state index in [2.05, 4.69) is 21.4 Å². The summed E-state index contributed by atoms with van der Waals surface area (Å²) in [7, 11) is 6.65. The molecular formula is C23H22N4O3. The highest BCUT2D eigenvalue weighted by molar-refractivity contribution is 5.96. The number of fused-ring (bicyclic) bond motifs is 1. The van der Waals surface area contributed by atoms with Gasteiger partial charge < -0.3 is 19.5 Å². The van der Waals surface area contributed by atoms with Gasteiger partial charge >= 0.3 is 0 Å². The van der Waals surface area contributed by atoms with Crippen LogP contribution >= 0.6 is 0 Å². The maximum absolute atomic E-state index is 5.49. The Kier molecular flexibility index (Phi) is 5.34. The minimum Gasteiger partial charge on any atom is -0.495 e. The first-order chi connectivity index (χ1) is 14.7. The summed E-state index contributed by atoms with van der Waals surface area (Å²) in [5, 5.41) is 3.90. The maximum Gasteiger partial charge on any atom is 0.223 e. The van der Waals surface area contributed by atoms with Crippen LogP contribution in [-0.4, -0.2) is 43.3 Å². The van der Waals surface area contributed by atoms with Gasteiger partial charge in [-0.05, 0) is 23.8 Å². The molecule has 0 amide bonds. The lowest BCUT2D eigenvalue weighted by Crippen LogP contribution is -2.00. The molecule has 7 heteroatoms. The Morgan fingerprint density at radius 3 is 2.27 bits per heavy atom. The second-order valence-electron chi connectivity index (χ2n) is 6.56. The Bertz CT molecular complexity index is 1210.